The van der Waals surface area contributed by atoms with Crippen LogP contribution < -0.4 is 5.43 Å². The molecule has 6 heteroatoms. The summed E-state index contributed by atoms with van der Waals surface area (Å²) in [5.74, 6) is -0.281. The molecule has 0 saturated carbocycles. The van der Waals surface area contributed by atoms with Crippen LogP contribution in [0.25, 0.3) is 22.2 Å². The van der Waals surface area contributed by atoms with Crippen molar-refractivity contribution in [2.24, 2.45) is 12.1 Å². The van der Waals surface area contributed by atoms with Gasteiger partial charge in [-0.1, -0.05) is 30.3 Å². The third-order valence-electron chi connectivity index (χ3n) is 5.18. The predicted molar refractivity (Wildman–Crippen MR) is 120 cm³/mol. The summed E-state index contributed by atoms with van der Waals surface area (Å²) < 4.78 is 1.71. The molecule has 2 aromatic carbocycles. The summed E-state index contributed by atoms with van der Waals surface area (Å²) in [5.41, 5.74) is 9.79. The second-order valence-electron chi connectivity index (χ2n) is 7.41. The molecule has 0 fully saturated rings. The summed E-state index contributed by atoms with van der Waals surface area (Å²) in [5, 5.41) is 9.19. The third kappa shape index (κ3) is 3.85. The second kappa shape index (κ2) is 7.91. The molecule has 0 atom stereocenters. The Balaban J connectivity index is 1.70. The van der Waals surface area contributed by atoms with E-state index in [1.807, 2.05) is 56.6 Å². The summed E-state index contributed by atoms with van der Waals surface area (Å²) in [7, 11) is 1.85. The van der Waals surface area contributed by atoms with Crippen molar-refractivity contribution in [1.82, 2.24) is 20.2 Å². The van der Waals surface area contributed by atoms with Crippen molar-refractivity contribution >= 4 is 23.0 Å². The molecule has 4 rings (SSSR count). The smallest absolute Gasteiger partial charge is 0.272 e. The number of hydrogen-bond acceptors (Lipinski definition) is 4. The fraction of sp³-hybridized carbons (Fsp3) is 0.167. The number of nitrogens with zero attached hydrogens (tertiary/aromatic N) is 4. The molecule has 2 heterocycles. The first-order chi connectivity index (χ1) is 14.4. The molecule has 150 valence electrons. The molecular weight excluding hydrogens is 374 g/mol. The molecule has 6 nitrogen and oxygen atoms in total. The molecule has 0 bridgehead atoms. The van der Waals surface area contributed by atoms with Crippen LogP contribution >= 0.6 is 0 Å². The molecule has 0 saturated heterocycles. The largest absolute Gasteiger partial charge is 0.275 e. The Hall–Kier alpha value is -3.80. The highest BCUT2D eigenvalue weighted by Gasteiger charge is 2.14. The third-order valence-corrected chi connectivity index (χ3v) is 5.18. The van der Waals surface area contributed by atoms with Crippen LogP contribution in [-0.2, 0) is 7.05 Å². The monoisotopic (exact) mass is 397 g/mol. The Bertz CT molecular complexity index is 1290. The van der Waals surface area contributed by atoms with Gasteiger partial charge in [-0.3, -0.25) is 9.48 Å². The van der Waals surface area contributed by atoms with Crippen LogP contribution in [0.3, 0.4) is 0 Å². The van der Waals surface area contributed by atoms with Crippen molar-refractivity contribution in [2.75, 3.05) is 0 Å². The minimum absolute atomic E-state index is 0.281. The van der Waals surface area contributed by atoms with E-state index >= 15 is 0 Å². The first-order valence-electron chi connectivity index (χ1n) is 9.73. The number of carbonyl (C=O) groups excluding carboxylic acids is 1. The molecule has 1 N–H and O–H groups in total. The topological polar surface area (TPSA) is 72.2 Å². The lowest BCUT2D eigenvalue weighted by Crippen LogP contribution is -2.18. The number of carbonyl (C=O) groups is 1. The van der Waals surface area contributed by atoms with Gasteiger partial charge in [0, 0.05) is 29.8 Å². The van der Waals surface area contributed by atoms with E-state index in [1.165, 1.54) is 11.1 Å². The lowest BCUT2D eigenvalue weighted by atomic mass is 10.0. The fourth-order valence-electron chi connectivity index (χ4n) is 3.38. The van der Waals surface area contributed by atoms with Gasteiger partial charge in [-0.25, -0.2) is 10.4 Å². The van der Waals surface area contributed by atoms with Gasteiger partial charge in [0.05, 0.1) is 28.7 Å². The minimum atomic E-state index is -0.281. The number of amides is 1. The van der Waals surface area contributed by atoms with E-state index in [2.05, 4.69) is 41.6 Å². The molecule has 0 aliphatic carbocycles. The number of rotatable bonds is 4. The number of aromatic nitrogens is 3. The summed E-state index contributed by atoms with van der Waals surface area (Å²) in [6, 6.07) is 15.7. The maximum absolute atomic E-state index is 13.0. The van der Waals surface area contributed by atoms with E-state index in [9.17, 15) is 4.79 Å². The summed E-state index contributed by atoms with van der Waals surface area (Å²) in [6.45, 7) is 6.05. The molecule has 0 aliphatic rings. The Morgan fingerprint density at radius 1 is 1.07 bits per heavy atom. The van der Waals surface area contributed by atoms with Crippen molar-refractivity contribution in [1.29, 1.82) is 0 Å². The van der Waals surface area contributed by atoms with Crippen molar-refractivity contribution in [3.05, 3.63) is 82.7 Å². The summed E-state index contributed by atoms with van der Waals surface area (Å²) >= 11 is 0. The molecule has 0 aliphatic heterocycles. The number of fused-ring (bicyclic) bond motifs is 1. The number of aryl methyl sites for hydroxylation is 4. The van der Waals surface area contributed by atoms with E-state index in [4.69, 9.17) is 4.98 Å². The highest BCUT2D eigenvalue weighted by Crippen LogP contribution is 2.26. The van der Waals surface area contributed by atoms with Crippen LogP contribution in [0.2, 0.25) is 0 Å². The van der Waals surface area contributed by atoms with Crippen molar-refractivity contribution in [3.8, 4) is 11.3 Å². The van der Waals surface area contributed by atoms with Gasteiger partial charge in [-0.2, -0.15) is 10.2 Å². The first kappa shape index (κ1) is 19.5. The molecule has 2 aromatic heterocycles. The van der Waals surface area contributed by atoms with Gasteiger partial charge in [0.1, 0.15) is 0 Å². The van der Waals surface area contributed by atoms with Gasteiger partial charge in [0.2, 0.25) is 0 Å². The standard InChI is InChI=1S/C24H23N5O/c1-15-9-10-18(11-16(15)2)23-12-21(20-7-5-6-8-22(20)26-23)24(30)27-25-13-19-14-29(4)28-17(19)3/h5-14H,1-4H3,(H,27,30)/b25-13+. The highest BCUT2D eigenvalue weighted by molar-refractivity contribution is 6.07. The molecule has 1 amide bonds. The number of hydrazone groups is 1. The molecule has 4 aromatic rings. The predicted octanol–water partition coefficient (Wildman–Crippen LogP) is 4.32. The highest BCUT2D eigenvalue weighted by atomic mass is 16.2. The summed E-state index contributed by atoms with van der Waals surface area (Å²) in [6.07, 6.45) is 3.46. The van der Waals surface area contributed by atoms with Crippen molar-refractivity contribution in [2.45, 2.75) is 20.8 Å². The fourth-order valence-corrected chi connectivity index (χ4v) is 3.38. The van der Waals surface area contributed by atoms with E-state index in [1.54, 1.807) is 10.9 Å². The van der Waals surface area contributed by atoms with E-state index < -0.39 is 0 Å². The van der Waals surface area contributed by atoms with E-state index in [0.717, 1.165) is 33.4 Å². The molecule has 0 unspecified atom stereocenters. The van der Waals surface area contributed by atoms with E-state index in [-0.39, 0.29) is 5.91 Å². The van der Waals surface area contributed by atoms with Crippen LogP contribution in [0.15, 0.2) is 59.8 Å². The average Bonchev–Trinajstić information content (AvgIpc) is 3.06. The number of benzene rings is 2. The molecule has 0 spiro atoms. The number of hydrogen-bond donors (Lipinski definition) is 1. The van der Waals surface area contributed by atoms with Crippen LogP contribution in [0.1, 0.15) is 32.7 Å². The lowest BCUT2D eigenvalue weighted by Gasteiger charge is -2.10. The Kier molecular flexibility index (Phi) is 5.14. The maximum Gasteiger partial charge on any atom is 0.272 e. The zero-order chi connectivity index (χ0) is 21.3. The summed E-state index contributed by atoms with van der Waals surface area (Å²) in [4.78, 5) is 17.7. The van der Waals surface area contributed by atoms with Gasteiger partial charge < -0.3 is 0 Å². The van der Waals surface area contributed by atoms with Crippen molar-refractivity contribution in [3.63, 3.8) is 0 Å². The van der Waals surface area contributed by atoms with Crippen LogP contribution in [-0.4, -0.2) is 26.9 Å². The van der Waals surface area contributed by atoms with E-state index in [0.29, 0.717) is 5.56 Å². The average molecular weight is 397 g/mol. The quantitative estimate of drug-likeness (QED) is 0.412. The molecular formula is C24H23N5O. The van der Waals surface area contributed by atoms with Gasteiger partial charge in [-0.05, 0) is 50.1 Å². The van der Waals surface area contributed by atoms with Crippen LogP contribution in [0, 0.1) is 20.8 Å². The number of pyridine rings is 1. The SMILES string of the molecule is Cc1ccc(-c2cc(C(=O)N/N=C/c3cn(C)nc3C)c3ccccc3n2)cc1C. The second-order valence-corrected chi connectivity index (χ2v) is 7.41. The van der Waals surface area contributed by atoms with Crippen LogP contribution in [0.5, 0.6) is 0 Å². The number of para-hydroxylation sites is 1. The Morgan fingerprint density at radius 2 is 1.87 bits per heavy atom. The maximum atomic E-state index is 13.0. The first-order valence-corrected chi connectivity index (χ1v) is 9.73. The molecule has 30 heavy (non-hydrogen) atoms. The Morgan fingerprint density at radius 3 is 2.60 bits per heavy atom. The zero-order valence-electron chi connectivity index (χ0n) is 17.5. The molecule has 0 radical (unpaired) electrons. The van der Waals surface area contributed by atoms with Gasteiger partial charge in [0.15, 0.2) is 0 Å². The minimum Gasteiger partial charge on any atom is -0.275 e. The number of nitrogens with one attached hydrogen (secondary N) is 1. The van der Waals surface area contributed by atoms with Gasteiger partial charge in [-0.15, -0.1) is 0 Å². The van der Waals surface area contributed by atoms with Gasteiger partial charge in [0.25, 0.3) is 5.91 Å². The van der Waals surface area contributed by atoms with Crippen LogP contribution in [0.4, 0.5) is 0 Å². The van der Waals surface area contributed by atoms with Crippen molar-refractivity contribution < 1.29 is 4.79 Å². The zero-order valence-corrected chi connectivity index (χ0v) is 17.5. The Labute approximate surface area is 175 Å². The lowest BCUT2D eigenvalue weighted by molar-refractivity contribution is 0.0956. The normalized spacial score (nSPS) is 11.3. The van der Waals surface area contributed by atoms with Gasteiger partial charge >= 0.3 is 0 Å².